The van der Waals surface area contributed by atoms with Gasteiger partial charge in [0, 0.05) is 7.59 Å². The SMILES string of the molecule is C[Si](C)(O)C1=Cc2ccc([Si](C)(C)[Si](C)(C)C)cc2CC1[Si](C)(C)C. The first-order valence-corrected chi connectivity index (χ1v) is 23.7. The van der Waals surface area contributed by atoms with Crippen LogP contribution in [-0.2, 0) is 6.42 Å². The van der Waals surface area contributed by atoms with Crippen molar-refractivity contribution in [2.45, 2.75) is 77.4 Å². The van der Waals surface area contributed by atoms with Crippen molar-refractivity contribution in [2.75, 3.05) is 0 Å². The van der Waals surface area contributed by atoms with Crippen molar-refractivity contribution in [1.29, 1.82) is 0 Å². The third-order valence-corrected chi connectivity index (χ3v) is 29.0. The predicted molar refractivity (Wildman–Crippen MR) is 125 cm³/mol. The highest BCUT2D eigenvalue weighted by molar-refractivity contribution is 7.45. The van der Waals surface area contributed by atoms with Gasteiger partial charge in [0.25, 0.3) is 0 Å². The Morgan fingerprint density at radius 2 is 1.44 bits per heavy atom. The highest BCUT2D eigenvalue weighted by atomic mass is 29.3. The summed E-state index contributed by atoms with van der Waals surface area (Å²) in [5.74, 6) is 0. The van der Waals surface area contributed by atoms with Crippen molar-refractivity contribution in [1.82, 2.24) is 0 Å². The fourth-order valence-electron chi connectivity index (χ4n) is 3.72. The number of fused-ring (bicyclic) bond motifs is 1. The Labute approximate surface area is 159 Å². The summed E-state index contributed by atoms with van der Waals surface area (Å²) in [6, 6.07) is 7.30. The van der Waals surface area contributed by atoms with Crippen molar-refractivity contribution in [2.24, 2.45) is 0 Å². The second-order valence-corrected chi connectivity index (χ2v) is 36.8. The lowest BCUT2D eigenvalue weighted by Gasteiger charge is -2.40. The molecular formula is C20H38OSi4. The molecule has 1 aliphatic carbocycles. The number of hydrogen-bond donors (Lipinski definition) is 1. The van der Waals surface area contributed by atoms with Crippen LogP contribution in [0.25, 0.3) is 6.08 Å². The Morgan fingerprint density at radius 3 is 1.88 bits per heavy atom. The lowest BCUT2D eigenvalue weighted by molar-refractivity contribution is 0.558. The summed E-state index contributed by atoms with van der Waals surface area (Å²) in [7, 11) is -6.18. The third-order valence-electron chi connectivity index (χ3n) is 6.60. The van der Waals surface area contributed by atoms with Gasteiger partial charge in [0.15, 0.2) is 0 Å². The van der Waals surface area contributed by atoms with Crippen LogP contribution >= 0.6 is 0 Å². The number of rotatable bonds is 4. The van der Waals surface area contributed by atoms with Crippen LogP contribution in [-0.4, -0.2) is 36.4 Å². The van der Waals surface area contributed by atoms with E-state index < -0.39 is 31.6 Å². The van der Waals surface area contributed by atoms with Gasteiger partial charge < -0.3 is 4.80 Å². The Hall–Kier alpha value is -0.212. The number of allylic oxidation sites excluding steroid dienone is 1. The van der Waals surface area contributed by atoms with Gasteiger partial charge in [-0.25, -0.2) is 0 Å². The second kappa shape index (κ2) is 6.44. The van der Waals surface area contributed by atoms with Crippen LogP contribution in [0.5, 0.6) is 0 Å². The molecule has 0 spiro atoms. The lowest BCUT2D eigenvalue weighted by Crippen LogP contribution is -2.61. The largest absolute Gasteiger partial charge is 0.428 e. The molecule has 0 heterocycles. The summed E-state index contributed by atoms with van der Waals surface area (Å²) in [6.07, 6.45) is 3.50. The van der Waals surface area contributed by atoms with E-state index in [1.165, 1.54) is 16.3 Å². The van der Waals surface area contributed by atoms with Crippen LogP contribution in [0.3, 0.4) is 0 Å². The summed E-state index contributed by atoms with van der Waals surface area (Å²) in [4.78, 5) is 10.9. The normalized spacial score (nSPS) is 19.5. The number of benzene rings is 1. The predicted octanol–water partition coefficient (Wildman–Crippen LogP) is 5.40. The minimum Gasteiger partial charge on any atom is -0.428 e. The Kier molecular flexibility index (Phi) is 5.44. The van der Waals surface area contributed by atoms with Gasteiger partial charge in [-0.2, -0.15) is 0 Å². The summed E-state index contributed by atoms with van der Waals surface area (Å²) < 4.78 is 0. The van der Waals surface area contributed by atoms with Crippen molar-refractivity contribution < 1.29 is 4.80 Å². The quantitative estimate of drug-likeness (QED) is 0.663. The fourth-order valence-corrected chi connectivity index (χ4v) is 14.4. The van der Waals surface area contributed by atoms with E-state index in [0.717, 1.165) is 6.42 Å². The van der Waals surface area contributed by atoms with E-state index in [-0.39, 0.29) is 0 Å². The second-order valence-electron chi connectivity index (χ2n) is 11.1. The molecule has 1 aromatic rings. The maximum absolute atomic E-state index is 10.9. The van der Waals surface area contributed by atoms with Crippen LogP contribution in [0.1, 0.15) is 11.1 Å². The van der Waals surface area contributed by atoms with Gasteiger partial charge in [0.05, 0.1) is 15.7 Å². The van der Waals surface area contributed by atoms with Gasteiger partial charge >= 0.3 is 0 Å². The van der Waals surface area contributed by atoms with E-state index >= 15 is 0 Å². The zero-order valence-electron chi connectivity index (χ0n) is 18.0. The zero-order chi connectivity index (χ0) is 19.4. The molecule has 1 nitrogen and oxygen atoms in total. The van der Waals surface area contributed by atoms with E-state index in [1.54, 1.807) is 5.19 Å². The smallest absolute Gasteiger partial charge is 0.210 e. The Morgan fingerprint density at radius 1 is 0.880 bits per heavy atom. The van der Waals surface area contributed by atoms with Gasteiger partial charge in [-0.05, 0) is 36.2 Å². The molecule has 1 unspecified atom stereocenters. The standard InChI is InChI=1S/C20H38OSi4/c1-22(2,3)19-15-17-13-18(25(9,10)23(4,5)6)12-11-16(17)14-20(19)24(7,8)21/h11-14,19,21H,15H2,1-10H3. The first kappa shape index (κ1) is 21.1. The molecule has 1 atom stereocenters. The molecule has 0 saturated carbocycles. The Balaban J connectivity index is 2.58. The van der Waals surface area contributed by atoms with Crippen LogP contribution < -0.4 is 5.19 Å². The molecule has 1 N–H and O–H groups in total. The van der Waals surface area contributed by atoms with Gasteiger partial charge in [-0.3, -0.25) is 0 Å². The average molecular weight is 407 g/mol. The summed E-state index contributed by atoms with van der Waals surface area (Å²) >= 11 is 0. The van der Waals surface area contributed by atoms with Gasteiger partial charge in [-0.15, -0.1) is 0 Å². The highest BCUT2D eigenvalue weighted by Crippen LogP contribution is 2.42. The molecule has 25 heavy (non-hydrogen) atoms. The van der Waals surface area contributed by atoms with Crippen molar-refractivity contribution in [3.05, 3.63) is 34.5 Å². The third kappa shape index (κ3) is 4.21. The van der Waals surface area contributed by atoms with Crippen molar-refractivity contribution >= 4 is 42.8 Å². The van der Waals surface area contributed by atoms with Crippen molar-refractivity contribution in [3.63, 3.8) is 0 Å². The maximum atomic E-state index is 10.9. The van der Waals surface area contributed by atoms with Crippen molar-refractivity contribution in [3.8, 4) is 0 Å². The van der Waals surface area contributed by atoms with Crippen LogP contribution in [0.4, 0.5) is 0 Å². The highest BCUT2D eigenvalue weighted by Gasteiger charge is 2.41. The van der Waals surface area contributed by atoms with E-state index in [4.69, 9.17) is 0 Å². The molecule has 0 amide bonds. The van der Waals surface area contributed by atoms with Crippen LogP contribution in [0.2, 0.25) is 71.0 Å². The first-order valence-electron chi connectivity index (χ1n) is 9.63. The molecule has 5 heteroatoms. The summed E-state index contributed by atoms with van der Waals surface area (Å²) in [6.45, 7) is 24.3. The van der Waals surface area contributed by atoms with E-state index in [2.05, 4.69) is 89.7 Å². The maximum Gasteiger partial charge on any atom is 0.210 e. The molecule has 0 saturated heterocycles. The van der Waals surface area contributed by atoms with Crippen LogP contribution in [0, 0.1) is 0 Å². The summed E-state index contributed by atoms with van der Waals surface area (Å²) in [5.41, 5.74) is 3.48. The molecule has 0 aliphatic heterocycles. The first-order chi connectivity index (χ1) is 11.0. The van der Waals surface area contributed by atoms with E-state index in [0.29, 0.717) is 5.54 Å². The molecule has 1 aromatic carbocycles. The minimum atomic E-state index is -2.27. The summed E-state index contributed by atoms with van der Waals surface area (Å²) in [5, 5.41) is 3.02. The molecular weight excluding hydrogens is 369 g/mol. The topological polar surface area (TPSA) is 20.2 Å². The van der Waals surface area contributed by atoms with Crippen LogP contribution in [0.15, 0.2) is 23.4 Å². The molecule has 0 fully saturated rings. The monoisotopic (exact) mass is 406 g/mol. The van der Waals surface area contributed by atoms with Gasteiger partial charge in [0.1, 0.15) is 0 Å². The van der Waals surface area contributed by atoms with E-state index in [9.17, 15) is 4.80 Å². The average Bonchev–Trinajstić information content (AvgIpc) is 2.42. The Bertz CT molecular complexity index is 685. The molecule has 0 bridgehead atoms. The molecule has 0 radical (unpaired) electrons. The van der Waals surface area contributed by atoms with E-state index in [1.807, 2.05) is 0 Å². The molecule has 0 aromatic heterocycles. The molecule has 2 rings (SSSR count). The number of hydrogen-bond acceptors (Lipinski definition) is 1. The van der Waals surface area contributed by atoms with Gasteiger partial charge in [0.2, 0.25) is 8.32 Å². The minimum absolute atomic E-state index is 0.582. The molecule has 140 valence electrons. The molecule has 1 aliphatic rings. The lowest BCUT2D eigenvalue weighted by atomic mass is 9.97. The van der Waals surface area contributed by atoms with Gasteiger partial charge in [-0.1, -0.05) is 87.0 Å². The fraction of sp³-hybridized carbons (Fsp3) is 0.600. The zero-order valence-corrected chi connectivity index (χ0v) is 22.0.